The first-order chi connectivity index (χ1) is 42.6. The molecule has 0 aromatic carbocycles. The van der Waals surface area contributed by atoms with Crippen LogP contribution >= 0.6 is 46.5 Å². The van der Waals surface area contributed by atoms with Gasteiger partial charge < -0.3 is 72.2 Å². The van der Waals surface area contributed by atoms with Gasteiger partial charge in [-0.1, -0.05) is 122 Å². The largest absolute Gasteiger partial charge is 0.470 e. The Morgan fingerprint density at radius 3 is 0.685 bits per heavy atom. The van der Waals surface area contributed by atoms with Crippen molar-refractivity contribution in [1.29, 1.82) is 0 Å². The highest BCUT2D eigenvalue weighted by molar-refractivity contribution is 7.52. The number of ether oxygens (including phenoxy) is 3. The average molecular weight is 1450 g/mol. The molecule has 0 amide bonds. The lowest BCUT2D eigenvalue weighted by Gasteiger charge is -2.32. The highest BCUT2D eigenvalue weighted by Crippen LogP contribution is 2.49. The molecule has 0 aliphatic carbocycles. The molecule has 0 aliphatic heterocycles. The van der Waals surface area contributed by atoms with Gasteiger partial charge in [-0.05, 0) is 182 Å². The number of phosphoric acid groups is 4. The predicted octanol–water partition coefficient (Wildman–Crippen LogP) is 16.9. The van der Waals surface area contributed by atoms with Crippen molar-refractivity contribution in [1.82, 2.24) is 0 Å². The lowest BCUT2D eigenvalue weighted by Crippen LogP contribution is -2.30. The van der Waals surface area contributed by atoms with Crippen LogP contribution in [0.5, 0.6) is 0 Å². The predicted molar refractivity (Wildman–Crippen MR) is 365 cm³/mol. The molecular formula is C61H134O25P6. The molecule has 0 aromatic rings. The minimum Gasteiger partial charge on any atom is -0.381 e. The molecule has 0 radical (unpaired) electrons. The molecule has 25 nitrogen and oxygen atoms in total. The van der Waals surface area contributed by atoms with Gasteiger partial charge in [-0.3, -0.25) is 27.2 Å². The van der Waals surface area contributed by atoms with E-state index in [1.165, 1.54) is 13.3 Å². The minimum atomic E-state index is -4.51. The van der Waals surface area contributed by atoms with E-state index in [9.17, 15) is 37.2 Å². The van der Waals surface area contributed by atoms with Crippen molar-refractivity contribution in [3.05, 3.63) is 0 Å². The molecule has 0 saturated heterocycles. The van der Waals surface area contributed by atoms with Gasteiger partial charge in [-0.15, -0.1) is 0 Å². The van der Waals surface area contributed by atoms with Gasteiger partial charge in [0.1, 0.15) is 0 Å². The van der Waals surface area contributed by atoms with Crippen LogP contribution in [-0.4, -0.2) is 140 Å². The molecule has 31 heteroatoms. The van der Waals surface area contributed by atoms with Crippen molar-refractivity contribution in [2.75, 3.05) is 79.4 Å². The summed E-state index contributed by atoms with van der Waals surface area (Å²) < 4.78 is 114. The lowest BCUT2D eigenvalue weighted by atomic mass is 9.75. The monoisotopic (exact) mass is 1450 g/mol. The van der Waals surface area contributed by atoms with Gasteiger partial charge in [0.15, 0.2) is 0 Å². The second-order valence-corrected chi connectivity index (χ2v) is 33.9. The molecule has 0 spiro atoms. The molecule has 0 fully saturated rings. The second-order valence-electron chi connectivity index (χ2n) is 25.3. The van der Waals surface area contributed by atoms with Crippen molar-refractivity contribution in [3.63, 3.8) is 0 Å². The fourth-order valence-electron chi connectivity index (χ4n) is 11.3. The van der Waals surface area contributed by atoms with E-state index in [2.05, 4.69) is 46.1 Å². The van der Waals surface area contributed by atoms with Gasteiger partial charge >= 0.3 is 46.5 Å². The SMILES string of the molecule is CCC(CC)(CCCCOCCCCC(CC)(CC)COP(=O)(O)O)COP(C)(=O)O.CCC(CC)(CCCCOCCCCC(CC)(CC)OP(=O)(O)O)CCOP(=O)(O)O.CCC(CC)(CCCCOCCCCC(CC)(CC)OP(=O)(O)O)COP(C)(=O)O. The maximum absolute atomic E-state index is 11.4. The van der Waals surface area contributed by atoms with E-state index in [1.807, 2.05) is 41.5 Å². The number of rotatable bonds is 59. The van der Waals surface area contributed by atoms with Crippen LogP contribution in [0.15, 0.2) is 0 Å². The Morgan fingerprint density at radius 2 is 0.478 bits per heavy atom. The van der Waals surface area contributed by atoms with Gasteiger partial charge in [-0.2, -0.15) is 0 Å². The quantitative estimate of drug-likeness (QED) is 0.0200. The Kier molecular flexibility index (Phi) is 52.7. The number of phosphoric ester groups is 4. The van der Waals surface area contributed by atoms with Crippen molar-refractivity contribution in [2.24, 2.45) is 21.7 Å². The van der Waals surface area contributed by atoms with E-state index in [4.69, 9.17) is 76.0 Å². The van der Waals surface area contributed by atoms with Crippen molar-refractivity contribution in [2.45, 2.75) is 293 Å². The molecule has 558 valence electrons. The van der Waals surface area contributed by atoms with Crippen LogP contribution in [-0.2, 0) is 68.7 Å². The first-order valence-corrected chi connectivity index (χ1v) is 44.3. The molecule has 0 saturated carbocycles. The molecule has 0 aromatic heterocycles. The summed E-state index contributed by atoms with van der Waals surface area (Å²) in [5, 5.41) is 0. The molecule has 10 N–H and O–H groups in total. The zero-order valence-electron chi connectivity index (χ0n) is 59.3. The van der Waals surface area contributed by atoms with Crippen molar-refractivity contribution >= 4 is 46.5 Å². The molecular weight excluding hydrogens is 1320 g/mol. The zero-order valence-corrected chi connectivity index (χ0v) is 64.6. The third kappa shape index (κ3) is 50.9. The van der Waals surface area contributed by atoms with Gasteiger partial charge in [0, 0.05) is 53.0 Å². The summed E-state index contributed by atoms with van der Waals surface area (Å²) in [7, 11) is -24.8. The van der Waals surface area contributed by atoms with Crippen molar-refractivity contribution < 1.29 is 118 Å². The van der Waals surface area contributed by atoms with E-state index >= 15 is 0 Å². The fraction of sp³-hybridized carbons (Fsp3) is 1.00. The Hall–Kier alpha value is 0.620. The van der Waals surface area contributed by atoms with Crippen LogP contribution < -0.4 is 0 Å². The number of hydrogen-bond donors (Lipinski definition) is 10. The van der Waals surface area contributed by atoms with E-state index < -0.39 is 57.7 Å². The Balaban J connectivity index is -0.00000129. The highest BCUT2D eigenvalue weighted by atomic mass is 31.2. The summed E-state index contributed by atoms with van der Waals surface area (Å²) in [6.07, 6.45) is 25.5. The molecule has 92 heavy (non-hydrogen) atoms. The molecule has 0 aliphatic rings. The average Bonchev–Trinajstić information content (AvgIpc) is 1.26. The van der Waals surface area contributed by atoms with Gasteiger partial charge in [-0.25, -0.2) is 18.3 Å². The number of hydrogen-bond acceptors (Lipinski definition) is 15. The molecule has 2 atom stereocenters. The lowest BCUT2D eigenvalue weighted by molar-refractivity contribution is 0.0142. The van der Waals surface area contributed by atoms with E-state index in [1.54, 1.807) is 0 Å². The Labute approximate surface area is 556 Å². The second kappa shape index (κ2) is 50.0. The van der Waals surface area contributed by atoms with E-state index in [0.717, 1.165) is 154 Å². The molecule has 0 rings (SSSR count). The van der Waals surface area contributed by atoms with Crippen molar-refractivity contribution in [3.8, 4) is 0 Å². The minimum absolute atomic E-state index is 0.0255. The van der Waals surface area contributed by atoms with Crippen LogP contribution in [0.3, 0.4) is 0 Å². The fourth-order valence-corrected chi connectivity index (χ4v) is 14.8. The normalized spacial score (nSPS) is 14.7. The van der Waals surface area contributed by atoms with Crippen LogP contribution in [0, 0.1) is 21.7 Å². The summed E-state index contributed by atoms with van der Waals surface area (Å²) >= 11 is 0. The summed E-state index contributed by atoms with van der Waals surface area (Å²) in [5.41, 5.74) is -1.88. The van der Waals surface area contributed by atoms with E-state index in [-0.39, 0.29) is 34.9 Å². The van der Waals surface area contributed by atoms with Crippen LogP contribution in [0.1, 0.15) is 282 Å². The Morgan fingerprint density at radius 1 is 0.250 bits per heavy atom. The molecule has 0 bridgehead atoms. The highest BCUT2D eigenvalue weighted by Gasteiger charge is 2.37. The number of unbranched alkanes of at least 4 members (excludes halogenated alkanes) is 6. The van der Waals surface area contributed by atoms with Gasteiger partial charge in [0.25, 0.3) is 0 Å². The maximum Gasteiger partial charge on any atom is 0.470 e. The molecule has 0 heterocycles. The van der Waals surface area contributed by atoms with Crippen LogP contribution in [0.2, 0.25) is 0 Å². The summed E-state index contributed by atoms with van der Waals surface area (Å²) in [6, 6.07) is 0. The third-order valence-electron chi connectivity index (χ3n) is 19.2. The maximum atomic E-state index is 11.4. The van der Waals surface area contributed by atoms with Gasteiger partial charge in [0.05, 0.1) is 37.6 Å². The first-order valence-electron chi connectivity index (χ1n) is 34.1. The van der Waals surface area contributed by atoms with Gasteiger partial charge in [0.2, 0.25) is 0 Å². The summed E-state index contributed by atoms with van der Waals surface area (Å²) in [4.78, 5) is 91.0. The topological polar surface area (TPSA) is 388 Å². The first kappa shape index (κ1) is 96.8. The smallest absolute Gasteiger partial charge is 0.381 e. The summed E-state index contributed by atoms with van der Waals surface area (Å²) in [5.74, 6) is 0. The Bertz CT molecular complexity index is 2050. The van der Waals surface area contributed by atoms with E-state index in [0.29, 0.717) is 97.8 Å². The van der Waals surface area contributed by atoms with Crippen LogP contribution in [0.25, 0.3) is 0 Å². The third-order valence-corrected chi connectivity index (χ3v) is 22.6. The molecule has 2 unspecified atom stereocenters. The zero-order chi connectivity index (χ0) is 71.4. The van der Waals surface area contributed by atoms with Crippen LogP contribution in [0.4, 0.5) is 0 Å². The summed E-state index contributed by atoms with van der Waals surface area (Å²) in [6.45, 7) is 31.2. The standard InChI is InChI=1S/C21H46O8P2.C20H44O9P2.C20H44O8P2/c1-6-20(7-2,18-28-30(5,22)23)14-10-12-16-27-17-13-11-15-21(8-3,9-4)19-29-31(24,25)26;1-5-19(6-2,15-18-28-30(21,22)23)13-9-11-16-27-17-12-10-14-20(7-3,8-4)29-31(24,25)26;1-6-19(7-2,18-27-29(5,21)22)14-10-12-16-26-17-13-11-15-20(8-3,9-4)28-30(23,24)25/h6-19H2,1-5H3,(H,22,23)(H2,24,25,26);5-18H2,1-4H3,(H2,21,22,23)(H2,24,25,26);6-18H2,1-5H3,(H,21,22)(H2,23,24,25).